The molecule has 1 rings (SSSR count). The van der Waals surface area contributed by atoms with Crippen LogP contribution in [-0.2, 0) is 27.4 Å². The molecule has 9 nitrogen and oxygen atoms in total. The Labute approximate surface area is 136 Å². The predicted molar refractivity (Wildman–Crippen MR) is 84.5 cm³/mol. The Morgan fingerprint density at radius 2 is 1.74 bits per heavy atom. The van der Waals surface area contributed by atoms with Gasteiger partial charge in [0.25, 0.3) is 0 Å². The van der Waals surface area contributed by atoms with Crippen molar-refractivity contribution in [2.24, 2.45) is 5.41 Å². The van der Waals surface area contributed by atoms with Gasteiger partial charge in [0.05, 0.1) is 25.4 Å². The van der Waals surface area contributed by atoms with Crippen molar-refractivity contribution in [2.45, 2.75) is 51.8 Å². The van der Waals surface area contributed by atoms with E-state index in [1.165, 1.54) is 0 Å². The van der Waals surface area contributed by atoms with Crippen molar-refractivity contribution in [3.8, 4) is 0 Å². The fraction of sp³-hybridized carbons (Fsp3) is 1.00. The quantitative estimate of drug-likeness (QED) is 0.320. The van der Waals surface area contributed by atoms with E-state index in [1.54, 1.807) is 0 Å². The molecule has 3 N–H and O–H groups in total. The lowest BCUT2D eigenvalue weighted by Gasteiger charge is -2.31. The van der Waals surface area contributed by atoms with Gasteiger partial charge in [-0.25, -0.2) is 9.13 Å². The topological polar surface area (TPSA) is 132 Å². The van der Waals surface area contributed by atoms with Crippen molar-refractivity contribution in [3.63, 3.8) is 0 Å². The predicted octanol–water partition coefficient (Wildman–Crippen LogP) is 0.782. The van der Waals surface area contributed by atoms with E-state index in [1.807, 2.05) is 28.6 Å². The van der Waals surface area contributed by atoms with Crippen LogP contribution in [0.25, 0.3) is 0 Å². The summed E-state index contributed by atoms with van der Waals surface area (Å²) in [4.78, 5) is 26.8. The summed E-state index contributed by atoms with van der Waals surface area (Å²) in [7, 11) is -6.96. The second-order valence-electron chi connectivity index (χ2n) is 6.59. The molecule has 0 aliphatic carbocycles. The highest BCUT2D eigenvalue weighted by Crippen LogP contribution is 2.49. The lowest BCUT2D eigenvalue weighted by molar-refractivity contribution is -0.0366. The molecule has 0 aromatic heterocycles. The SMILES string of the molecule is BC1CC(OP(=O)(O)OCCCOP(=O)(O)O)C(C(C)(C)C)O1. The van der Waals surface area contributed by atoms with Gasteiger partial charge in [-0.15, -0.1) is 0 Å². The Morgan fingerprint density at radius 3 is 2.26 bits per heavy atom. The van der Waals surface area contributed by atoms with Crippen LogP contribution in [0.5, 0.6) is 0 Å². The van der Waals surface area contributed by atoms with Crippen LogP contribution in [0.1, 0.15) is 33.6 Å². The van der Waals surface area contributed by atoms with Crippen LogP contribution in [-0.4, -0.2) is 54.0 Å². The normalized spacial score (nSPS) is 28.7. The molecule has 1 heterocycles. The fourth-order valence-corrected chi connectivity index (χ4v) is 3.65. The second-order valence-corrected chi connectivity index (χ2v) is 9.24. The van der Waals surface area contributed by atoms with Crippen LogP contribution in [0.3, 0.4) is 0 Å². The van der Waals surface area contributed by atoms with E-state index in [0.29, 0.717) is 6.42 Å². The summed E-state index contributed by atoms with van der Waals surface area (Å²) in [6.45, 7) is 5.34. The first-order valence-corrected chi connectivity index (χ1v) is 10.3. The molecule has 0 saturated carbocycles. The minimum Gasteiger partial charge on any atom is -0.381 e. The van der Waals surface area contributed by atoms with Gasteiger partial charge >= 0.3 is 15.6 Å². The largest absolute Gasteiger partial charge is 0.472 e. The number of phosphoric acid groups is 2. The second kappa shape index (κ2) is 8.08. The summed E-state index contributed by atoms with van der Waals surface area (Å²) in [5.41, 5.74) is -0.257. The average Bonchev–Trinajstić information content (AvgIpc) is 2.67. The van der Waals surface area contributed by atoms with Crippen molar-refractivity contribution in [3.05, 3.63) is 0 Å². The van der Waals surface area contributed by atoms with Crippen molar-refractivity contribution in [1.29, 1.82) is 0 Å². The summed E-state index contributed by atoms with van der Waals surface area (Å²) < 4.78 is 42.4. The lowest BCUT2D eigenvalue weighted by Crippen LogP contribution is -2.36. The zero-order valence-electron chi connectivity index (χ0n) is 13.7. The van der Waals surface area contributed by atoms with Crippen LogP contribution < -0.4 is 0 Å². The Morgan fingerprint density at radius 1 is 1.17 bits per heavy atom. The van der Waals surface area contributed by atoms with Gasteiger partial charge in [-0.1, -0.05) is 20.8 Å². The molecule has 0 radical (unpaired) electrons. The number of hydrogen-bond donors (Lipinski definition) is 3. The monoisotopic (exact) mass is 374 g/mol. The molecule has 1 saturated heterocycles. The van der Waals surface area contributed by atoms with Gasteiger partial charge in [-0.05, 0) is 18.3 Å². The van der Waals surface area contributed by atoms with E-state index < -0.39 is 21.7 Å². The minimum atomic E-state index is -4.54. The highest BCUT2D eigenvalue weighted by Gasteiger charge is 2.44. The first kappa shape index (κ1) is 21.3. The van der Waals surface area contributed by atoms with Gasteiger partial charge in [0.2, 0.25) is 0 Å². The fourth-order valence-electron chi connectivity index (χ4n) is 2.33. The van der Waals surface area contributed by atoms with E-state index in [2.05, 4.69) is 4.52 Å². The van der Waals surface area contributed by atoms with E-state index in [9.17, 15) is 14.0 Å². The Kier molecular flexibility index (Phi) is 7.48. The third-order valence-electron chi connectivity index (χ3n) is 3.21. The number of rotatable bonds is 8. The van der Waals surface area contributed by atoms with Gasteiger partial charge in [0.1, 0.15) is 7.85 Å². The summed E-state index contributed by atoms with van der Waals surface area (Å²) in [5, 5.41) is 0. The number of phosphoric ester groups is 2. The van der Waals surface area contributed by atoms with E-state index in [4.69, 9.17) is 23.6 Å². The highest BCUT2D eigenvalue weighted by molar-refractivity contribution is 7.47. The third-order valence-corrected chi connectivity index (χ3v) is 4.77. The van der Waals surface area contributed by atoms with Crippen molar-refractivity contribution >= 4 is 23.5 Å². The summed E-state index contributed by atoms with van der Waals surface area (Å²) in [5.74, 6) is 0. The highest BCUT2D eigenvalue weighted by atomic mass is 31.2. The maximum Gasteiger partial charge on any atom is 0.472 e. The van der Waals surface area contributed by atoms with Crippen molar-refractivity contribution in [2.75, 3.05) is 13.2 Å². The molecular formula is C11H25BO9P2. The molecular weight excluding hydrogens is 349 g/mol. The van der Waals surface area contributed by atoms with Gasteiger partial charge in [0, 0.05) is 6.00 Å². The molecule has 0 aromatic rings. The molecule has 1 aliphatic heterocycles. The Hall–Kier alpha value is 0.245. The first-order chi connectivity index (χ1) is 10.3. The zero-order chi connectivity index (χ0) is 17.9. The lowest BCUT2D eigenvalue weighted by atomic mass is 9.85. The number of ether oxygens (including phenoxy) is 1. The smallest absolute Gasteiger partial charge is 0.381 e. The molecule has 1 aliphatic rings. The van der Waals surface area contributed by atoms with Crippen LogP contribution >= 0.6 is 15.6 Å². The molecule has 136 valence electrons. The molecule has 12 heteroatoms. The molecule has 0 aromatic carbocycles. The maximum atomic E-state index is 12.0. The first-order valence-electron chi connectivity index (χ1n) is 7.31. The molecule has 4 atom stereocenters. The van der Waals surface area contributed by atoms with Gasteiger partial charge in [-0.2, -0.15) is 0 Å². The standard InChI is InChI=1S/C11H25BO9P2/c1-11(2,3)10-8(7-9(12)20-10)21-23(16,17)19-6-4-5-18-22(13,14)15/h8-10H,4-7,12H2,1-3H3,(H,16,17)(H2,13,14,15). The van der Waals surface area contributed by atoms with Crippen LogP contribution in [0.4, 0.5) is 0 Å². The van der Waals surface area contributed by atoms with Crippen LogP contribution in [0, 0.1) is 5.41 Å². The summed E-state index contributed by atoms with van der Waals surface area (Å²) in [6.07, 6.45) is -0.372. The molecule has 0 bridgehead atoms. The van der Waals surface area contributed by atoms with Crippen LogP contribution in [0.15, 0.2) is 0 Å². The average molecular weight is 374 g/mol. The number of hydrogen-bond acceptors (Lipinski definition) is 6. The van der Waals surface area contributed by atoms with Crippen LogP contribution in [0.2, 0.25) is 0 Å². The van der Waals surface area contributed by atoms with Crippen molar-refractivity contribution < 1.29 is 42.1 Å². The molecule has 0 spiro atoms. The third kappa shape index (κ3) is 8.25. The minimum absolute atomic E-state index is 0.0410. The van der Waals surface area contributed by atoms with Crippen molar-refractivity contribution in [1.82, 2.24) is 0 Å². The van der Waals surface area contributed by atoms with Gasteiger partial charge in [0.15, 0.2) is 0 Å². The molecule has 4 unspecified atom stereocenters. The summed E-state index contributed by atoms with van der Waals surface area (Å²) >= 11 is 0. The molecule has 1 fully saturated rings. The maximum absolute atomic E-state index is 12.0. The van der Waals surface area contributed by atoms with E-state index in [0.717, 1.165) is 0 Å². The van der Waals surface area contributed by atoms with E-state index in [-0.39, 0.29) is 37.2 Å². The Bertz CT molecular complexity index is 475. The molecule has 23 heavy (non-hydrogen) atoms. The van der Waals surface area contributed by atoms with Gasteiger partial charge in [-0.3, -0.25) is 13.6 Å². The Balaban J connectivity index is 2.45. The van der Waals surface area contributed by atoms with Gasteiger partial charge < -0.3 is 19.4 Å². The summed E-state index contributed by atoms with van der Waals surface area (Å²) in [6, 6.07) is -0.0825. The van der Waals surface area contributed by atoms with E-state index >= 15 is 0 Å². The molecule has 0 amide bonds. The zero-order valence-corrected chi connectivity index (χ0v) is 15.5.